The van der Waals surface area contributed by atoms with Crippen molar-refractivity contribution in [2.24, 2.45) is 0 Å². The highest BCUT2D eigenvalue weighted by Gasteiger charge is 2.10. The minimum Gasteiger partial charge on any atom is -0.507 e. The SMILES string of the molecule is O=C(O)c1csc(-c2ccccc2O)c1. The summed E-state index contributed by atoms with van der Waals surface area (Å²) in [6, 6.07) is 8.42. The quantitative estimate of drug-likeness (QED) is 0.818. The minimum absolute atomic E-state index is 0.163. The van der Waals surface area contributed by atoms with Crippen LogP contribution in [0.3, 0.4) is 0 Å². The van der Waals surface area contributed by atoms with E-state index in [2.05, 4.69) is 0 Å². The monoisotopic (exact) mass is 220 g/mol. The van der Waals surface area contributed by atoms with Crippen molar-refractivity contribution in [2.45, 2.75) is 0 Å². The van der Waals surface area contributed by atoms with Gasteiger partial charge in [0.2, 0.25) is 0 Å². The van der Waals surface area contributed by atoms with E-state index in [9.17, 15) is 9.90 Å². The zero-order chi connectivity index (χ0) is 10.8. The van der Waals surface area contributed by atoms with Crippen LogP contribution in [0.1, 0.15) is 10.4 Å². The van der Waals surface area contributed by atoms with Crippen molar-refractivity contribution in [1.82, 2.24) is 0 Å². The van der Waals surface area contributed by atoms with E-state index < -0.39 is 5.97 Å². The molecule has 0 aliphatic heterocycles. The number of para-hydroxylation sites is 1. The molecule has 2 N–H and O–H groups in total. The molecule has 2 aromatic rings. The van der Waals surface area contributed by atoms with Crippen LogP contribution in [0.15, 0.2) is 35.7 Å². The van der Waals surface area contributed by atoms with E-state index in [-0.39, 0.29) is 11.3 Å². The zero-order valence-electron chi connectivity index (χ0n) is 7.68. The first kappa shape index (κ1) is 9.73. The van der Waals surface area contributed by atoms with E-state index in [1.807, 2.05) is 0 Å². The molecule has 0 saturated carbocycles. The van der Waals surface area contributed by atoms with Gasteiger partial charge in [0.05, 0.1) is 5.56 Å². The molecule has 0 atom stereocenters. The lowest BCUT2D eigenvalue weighted by Crippen LogP contribution is -1.91. The number of hydrogen-bond donors (Lipinski definition) is 2. The second kappa shape index (κ2) is 3.74. The van der Waals surface area contributed by atoms with Crippen molar-refractivity contribution in [2.75, 3.05) is 0 Å². The van der Waals surface area contributed by atoms with E-state index in [1.54, 1.807) is 35.7 Å². The lowest BCUT2D eigenvalue weighted by Gasteiger charge is -1.99. The summed E-state index contributed by atoms with van der Waals surface area (Å²) in [4.78, 5) is 11.4. The Labute approximate surface area is 90.2 Å². The first-order chi connectivity index (χ1) is 7.18. The van der Waals surface area contributed by atoms with Crippen molar-refractivity contribution >= 4 is 17.3 Å². The Kier molecular flexibility index (Phi) is 2.43. The zero-order valence-corrected chi connectivity index (χ0v) is 8.49. The molecule has 15 heavy (non-hydrogen) atoms. The predicted molar refractivity (Wildman–Crippen MR) is 58.4 cm³/mol. The average molecular weight is 220 g/mol. The van der Waals surface area contributed by atoms with Crippen molar-refractivity contribution in [3.8, 4) is 16.2 Å². The fraction of sp³-hybridized carbons (Fsp3) is 0. The van der Waals surface area contributed by atoms with Gasteiger partial charge in [0.1, 0.15) is 5.75 Å². The summed E-state index contributed by atoms with van der Waals surface area (Å²) in [6.07, 6.45) is 0. The van der Waals surface area contributed by atoms with Crippen molar-refractivity contribution in [3.05, 3.63) is 41.3 Å². The molecule has 0 fully saturated rings. The van der Waals surface area contributed by atoms with E-state index >= 15 is 0 Å². The van der Waals surface area contributed by atoms with Crippen LogP contribution in [0, 0.1) is 0 Å². The first-order valence-electron chi connectivity index (χ1n) is 4.28. The van der Waals surface area contributed by atoms with Gasteiger partial charge in [-0.25, -0.2) is 4.79 Å². The van der Waals surface area contributed by atoms with Gasteiger partial charge in [-0.3, -0.25) is 0 Å². The number of thiophene rings is 1. The third kappa shape index (κ3) is 1.85. The topological polar surface area (TPSA) is 57.5 Å². The van der Waals surface area contributed by atoms with Crippen molar-refractivity contribution in [3.63, 3.8) is 0 Å². The lowest BCUT2D eigenvalue weighted by molar-refractivity contribution is 0.0697. The summed E-state index contributed by atoms with van der Waals surface area (Å²) >= 11 is 1.30. The molecule has 0 unspecified atom stereocenters. The maximum absolute atomic E-state index is 10.7. The highest BCUT2D eigenvalue weighted by atomic mass is 32.1. The smallest absolute Gasteiger partial charge is 0.336 e. The summed E-state index contributed by atoms with van der Waals surface area (Å²) in [5, 5.41) is 19.9. The van der Waals surface area contributed by atoms with Crippen molar-refractivity contribution in [1.29, 1.82) is 0 Å². The Morgan fingerprint density at radius 2 is 2.00 bits per heavy atom. The summed E-state index contributed by atoms with van der Waals surface area (Å²) in [7, 11) is 0. The average Bonchev–Trinajstić information content (AvgIpc) is 2.67. The summed E-state index contributed by atoms with van der Waals surface area (Å²) in [5.41, 5.74) is 0.910. The molecule has 1 aromatic heterocycles. The number of carboxylic acids is 1. The number of carbonyl (C=O) groups is 1. The minimum atomic E-state index is -0.951. The number of rotatable bonds is 2. The molecule has 3 nitrogen and oxygen atoms in total. The molecule has 4 heteroatoms. The van der Waals surface area contributed by atoms with Crippen LogP contribution in [-0.2, 0) is 0 Å². The van der Waals surface area contributed by atoms with Gasteiger partial charge in [-0.05, 0) is 18.2 Å². The van der Waals surface area contributed by atoms with Crippen LogP contribution in [0.5, 0.6) is 5.75 Å². The third-order valence-electron chi connectivity index (χ3n) is 2.02. The molecule has 0 saturated heterocycles. The molecule has 2 rings (SSSR count). The van der Waals surface area contributed by atoms with E-state index in [1.165, 1.54) is 11.3 Å². The van der Waals surface area contributed by atoms with Gasteiger partial charge in [-0.2, -0.15) is 0 Å². The third-order valence-corrected chi connectivity index (χ3v) is 2.98. The molecule has 1 heterocycles. The molecule has 0 radical (unpaired) electrons. The maximum Gasteiger partial charge on any atom is 0.336 e. The highest BCUT2D eigenvalue weighted by molar-refractivity contribution is 7.13. The Hall–Kier alpha value is -1.81. The van der Waals surface area contributed by atoms with Gasteiger partial charge in [0.25, 0.3) is 0 Å². The van der Waals surface area contributed by atoms with Gasteiger partial charge in [0, 0.05) is 15.8 Å². The number of phenolic OH excluding ortho intramolecular Hbond substituents is 1. The highest BCUT2D eigenvalue weighted by Crippen LogP contribution is 2.33. The standard InChI is InChI=1S/C11H8O3S/c12-9-4-2-1-3-8(9)10-5-7(6-15-10)11(13)14/h1-6,12H,(H,13,14). The normalized spacial score (nSPS) is 10.1. The Bertz CT molecular complexity index is 502. The molecule has 1 aromatic carbocycles. The van der Waals surface area contributed by atoms with Crippen LogP contribution in [0.25, 0.3) is 10.4 Å². The Morgan fingerprint density at radius 3 is 2.60 bits per heavy atom. The second-order valence-corrected chi connectivity index (χ2v) is 3.93. The largest absolute Gasteiger partial charge is 0.507 e. The number of aromatic carboxylic acids is 1. The predicted octanol–water partition coefficient (Wildman–Crippen LogP) is 2.82. The summed E-state index contributed by atoms with van der Waals surface area (Å²) in [5.74, 6) is -0.788. The molecule has 0 aliphatic carbocycles. The summed E-state index contributed by atoms with van der Waals surface area (Å²) in [6.45, 7) is 0. The van der Waals surface area contributed by atoms with Crippen LogP contribution in [-0.4, -0.2) is 16.2 Å². The molecular weight excluding hydrogens is 212 g/mol. The number of phenols is 1. The summed E-state index contributed by atoms with van der Waals surface area (Å²) < 4.78 is 0. The van der Waals surface area contributed by atoms with Gasteiger partial charge in [-0.15, -0.1) is 11.3 Å². The van der Waals surface area contributed by atoms with E-state index in [0.717, 1.165) is 4.88 Å². The maximum atomic E-state index is 10.7. The Balaban J connectivity index is 2.46. The van der Waals surface area contributed by atoms with Crippen molar-refractivity contribution < 1.29 is 15.0 Å². The van der Waals surface area contributed by atoms with Crippen LogP contribution < -0.4 is 0 Å². The van der Waals surface area contributed by atoms with E-state index in [4.69, 9.17) is 5.11 Å². The molecule has 0 amide bonds. The molecule has 0 bridgehead atoms. The van der Waals surface area contributed by atoms with E-state index in [0.29, 0.717) is 5.56 Å². The molecule has 0 spiro atoms. The molecule has 0 aliphatic rings. The number of carboxylic acid groups (broad SMARTS) is 1. The van der Waals surface area contributed by atoms with Gasteiger partial charge in [-0.1, -0.05) is 12.1 Å². The van der Waals surface area contributed by atoms with Gasteiger partial charge >= 0.3 is 5.97 Å². The second-order valence-electron chi connectivity index (χ2n) is 3.02. The first-order valence-corrected chi connectivity index (χ1v) is 5.16. The molecule has 76 valence electrons. The lowest BCUT2D eigenvalue weighted by atomic mass is 10.1. The van der Waals surface area contributed by atoms with Crippen LogP contribution in [0.4, 0.5) is 0 Å². The van der Waals surface area contributed by atoms with Gasteiger partial charge in [0.15, 0.2) is 0 Å². The number of hydrogen-bond acceptors (Lipinski definition) is 3. The Morgan fingerprint density at radius 1 is 1.27 bits per heavy atom. The van der Waals surface area contributed by atoms with Gasteiger partial charge < -0.3 is 10.2 Å². The number of benzene rings is 1. The molecular formula is C11H8O3S. The van der Waals surface area contributed by atoms with Crippen LogP contribution in [0.2, 0.25) is 0 Å². The van der Waals surface area contributed by atoms with Crippen LogP contribution >= 0.6 is 11.3 Å². The number of aromatic hydroxyl groups is 1. The fourth-order valence-corrected chi connectivity index (χ4v) is 2.19. The fourth-order valence-electron chi connectivity index (χ4n) is 1.27.